The molecule has 1 amide bonds. The fourth-order valence-corrected chi connectivity index (χ4v) is 3.92. The molecule has 0 saturated carbocycles. The van der Waals surface area contributed by atoms with Crippen LogP contribution in [0.25, 0.3) is 0 Å². The lowest BCUT2D eigenvalue weighted by atomic mass is 10.1. The molecule has 1 aliphatic heterocycles. The van der Waals surface area contributed by atoms with E-state index >= 15 is 0 Å². The first-order chi connectivity index (χ1) is 13.9. The van der Waals surface area contributed by atoms with Crippen LogP contribution in [0.15, 0.2) is 0 Å². The van der Waals surface area contributed by atoms with E-state index in [2.05, 4.69) is 11.8 Å². The van der Waals surface area contributed by atoms with Crippen molar-refractivity contribution in [1.29, 1.82) is 0 Å². The summed E-state index contributed by atoms with van der Waals surface area (Å²) in [5.74, 6) is -0.500. The van der Waals surface area contributed by atoms with Crippen molar-refractivity contribution in [2.24, 2.45) is 5.92 Å². The molecular formula is C19H32N2O7S. The van der Waals surface area contributed by atoms with Gasteiger partial charge in [-0.1, -0.05) is 38.5 Å². The zero-order valence-corrected chi connectivity index (χ0v) is 18.1. The molecule has 0 N–H and O–H groups in total. The maximum atomic E-state index is 12.7. The van der Waals surface area contributed by atoms with E-state index in [9.17, 15) is 24.5 Å². The van der Waals surface area contributed by atoms with Gasteiger partial charge in [-0.15, -0.1) is 10.1 Å². The number of nitrogens with zero attached hydrogens (tertiary/aromatic N) is 2. The van der Waals surface area contributed by atoms with Crippen molar-refractivity contribution in [3.05, 3.63) is 10.1 Å². The number of unbranched alkanes of at least 4 members (excludes halogenated alkanes) is 3. The number of carbonyl (C=O) groups excluding carboxylic acids is 3. The van der Waals surface area contributed by atoms with Crippen molar-refractivity contribution in [3.63, 3.8) is 0 Å². The number of ether oxygens (including phenoxy) is 1. The predicted octanol–water partition coefficient (Wildman–Crippen LogP) is 2.99. The molecule has 10 heteroatoms. The van der Waals surface area contributed by atoms with Crippen molar-refractivity contribution in [2.45, 2.75) is 71.3 Å². The molecule has 0 radical (unpaired) electrons. The standard InChI is InChI=1S/C19H32N2O7S/c1-3-4-5-10-17(22)29-14-15(2)18(23)20-11-8-9-16(20)19(24)27-12-6-7-13-28-21(25)26/h15-16H,3-14H2,1-2H3/t15-,16+/m1/s1. The molecule has 1 saturated heterocycles. The molecule has 2 atom stereocenters. The Morgan fingerprint density at radius 3 is 2.62 bits per heavy atom. The van der Waals surface area contributed by atoms with Crippen LogP contribution in [0.2, 0.25) is 0 Å². The average molecular weight is 433 g/mol. The molecular weight excluding hydrogens is 400 g/mol. The third-order valence-electron chi connectivity index (χ3n) is 4.69. The van der Waals surface area contributed by atoms with Crippen LogP contribution in [0.4, 0.5) is 0 Å². The summed E-state index contributed by atoms with van der Waals surface area (Å²) in [5, 5.41) is 9.31. The van der Waals surface area contributed by atoms with E-state index in [0.29, 0.717) is 38.0 Å². The van der Waals surface area contributed by atoms with Crippen molar-refractivity contribution in [3.8, 4) is 0 Å². The Morgan fingerprint density at radius 2 is 1.93 bits per heavy atom. The minimum atomic E-state index is -0.855. The molecule has 9 nitrogen and oxygen atoms in total. The predicted molar refractivity (Wildman–Crippen MR) is 109 cm³/mol. The van der Waals surface area contributed by atoms with Crippen LogP contribution in [-0.4, -0.2) is 58.5 Å². The number of esters is 1. The van der Waals surface area contributed by atoms with Crippen molar-refractivity contribution < 1.29 is 29.0 Å². The Morgan fingerprint density at radius 1 is 1.21 bits per heavy atom. The average Bonchev–Trinajstić information content (AvgIpc) is 3.17. The van der Waals surface area contributed by atoms with Crippen LogP contribution in [0.1, 0.15) is 65.2 Å². The molecule has 1 rings (SSSR count). The molecule has 0 aliphatic carbocycles. The molecule has 0 unspecified atom stereocenters. The number of rotatable bonds is 14. The molecule has 1 aliphatic rings. The maximum absolute atomic E-state index is 12.7. The van der Waals surface area contributed by atoms with Gasteiger partial charge in [0, 0.05) is 24.6 Å². The van der Waals surface area contributed by atoms with Gasteiger partial charge >= 0.3 is 5.97 Å². The lowest BCUT2D eigenvalue weighted by Crippen LogP contribution is -2.44. The molecule has 29 heavy (non-hydrogen) atoms. The van der Waals surface area contributed by atoms with E-state index < -0.39 is 17.1 Å². The highest BCUT2D eigenvalue weighted by atomic mass is 32.2. The second-order valence-electron chi connectivity index (χ2n) is 7.16. The summed E-state index contributed by atoms with van der Waals surface area (Å²) in [7, 11) is 0. The van der Waals surface area contributed by atoms with E-state index in [1.807, 2.05) is 0 Å². The Labute approximate surface area is 176 Å². The van der Waals surface area contributed by atoms with Gasteiger partial charge in [-0.3, -0.25) is 9.59 Å². The highest BCUT2D eigenvalue weighted by Gasteiger charge is 2.36. The Bertz CT molecular complexity index is 559. The quantitative estimate of drug-likeness (QED) is 0.178. The summed E-state index contributed by atoms with van der Waals surface area (Å²) in [4.78, 5) is 52.7. The first kappa shape index (κ1) is 25.2. The highest BCUT2D eigenvalue weighted by molar-refractivity contribution is 8.13. The number of hydrogen-bond acceptors (Lipinski definition) is 8. The SMILES string of the molecule is CCCCCC(=O)SC[C@@H](C)C(=O)N1CCC[C@H]1C(=O)OCCCCO[N+](=O)[O-]. The third-order valence-corrected chi connectivity index (χ3v) is 5.88. The fourth-order valence-electron chi connectivity index (χ4n) is 3.05. The van der Waals surface area contributed by atoms with Crippen LogP contribution in [0.5, 0.6) is 0 Å². The van der Waals surface area contributed by atoms with Gasteiger partial charge in [0.05, 0.1) is 13.2 Å². The number of amides is 1. The second-order valence-corrected chi connectivity index (χ2v) is 8.24. The monoisotopic (exact) mass is 432 g/mol. The summed E-state index contributed by atoms with van der Waals surface area (Å²) >= 11 is 1.19. The minimum Gasteiger partial charge on any atom is -0.464 e. The largest absolute Gasteiger partial charge is 0.464 e. The first-order valence-corrected chi connectivity index (χ1v) is 11.2. The number of thioether (sulfide) groups is 1. The molecule has 0 aromatic carbocycles. The summed E-state index contributed by atoms with van der Waals surface area (Å²) in [6.07, 6.45) is 5.65. The first-order valence-electron chi connectivity index (χ1n) is 10.3. The molecule has 0 spiro atoms. The molecule has 1 fully saturated rings. The van der Waals surface area contributed by atoms with Crippen molar-refractivity contribution in [2.75, 3.05) is 25.5 Å². The normalized spacial score (nSPS) is 17.0. The van der Waals surface area contributed by atoms with Crippen molar-refractivity contribution in [1.82, 2.24) is 4.90 Å². The highest BCUT2D eigenvalue weighted by Crippen LogP contribution is 2.23. The van der Waals surface area contributed by atoms with Crippen LogP contribution in [-0.2, 0) is 24.0 Å². The third kappa shape index (κ3) is 9.96. The summed E-state index contributed by atoms with van der Waals surface area (Å²) in [5.41, 5.74) is 0. The maximum Gasteiger partial charge on any atom is 0.328 e. The molecule has 0 aromatic heterocycles. The fraction of sp³-hybridized carbons (Fsp3) is 0.842. The van der Waals surface area contributed by atoms with Crippen LogP contribution < -0.4 is 0 Å². The van der Waals surface area contributed by atoms with Crippen LogP contribution >= 0.6 is 11.8 Å². The van der Waals surface area contributed by atoms with E-state index in [4.69, 9.17) is 4.74 Å². The lowest BCUT2D eigenvalue weighted by molar-refractivity contribution is -0.757. The van der Waals surface area contributed by atoms with E-state index in [0.717, 1.165) is 25.7 Å². The minimum absolute atomic E-state index is 0.0368. The molecule has 0 bridgehead atoms. The van der Waals surface area contributed by atoms with Gasteiger partial charge in [0.15, 0.2) is 5.12 Å². The summed E-state index contributed by atoms with van der Waals surface area (Å²) in [6, 6.07) is -0.592. The number of likely N-dealkylation sites (tertiary alicyclic amines) is 1. The van der Waals surface area contributed by atoms with Gasteiger partial charge in [-0.2, -0.15) is 0 Å². The Kier molecular flexibility index (Phi) is 12.3. The summed E-state index contributed by atoms with van der Waals surface area (Å²) in [6.45, 7) is 4.47. The van der Waals surface area contributed by atoms with Crippen molar-refractivity contribution >= 4 is 28.8 Å². The summed E-state index contributed by atoms with van der Waals surface area (Å²) < 4.78 is 5.23. The number of hydrogen-bond donors (Lipinski definition) is 0. The van der Waals surface area contributed by atoms with Gasteiger partial charge < -0.3 is 14.5 Å². The lowest BCUT2D eigenvalue weighted by Gasteiger charge is -2.26. The topological polar surface area (TPSA) is 116 Å². The molecule has 166 valence electrons. The molecule has 0 aromatic rings. The Hall–Kier alpha value is -1.84. The number of carbonyl (C=O) groups is 3. The van der Waals surface area contributed by atoms with Crippen LogP contribution in [0, 0.1) is 16.0 Å². The smallest absolute Gasteiger partial charge is 0.328 e. The Balaban J connectivity index is 2.35. The molecule has 1 heterocycles. The van der Waals surface area contributed by atoms with E-state index in [-0.39, 0.29) is 30.2 Å². The van der Waals surface area contributed by atoms with Gasteiger partial charge in [0.25, 0.3) is 5.09 Å². The van der Waals surface area contributed by atoms with Gasteiger partial charge in [-0.25, -0.2) is 4.79 Å². The van der Waals surface area contributed by atoms with Gasteiger partial charge in [0.1, 0.15) is 6.04 Å². The zero-order valence-electron chi connectivity index (χ0n) is 17.3. The second kappa shape index (κ2) is 14.2. The zero-order chi connectivity index (χ0) is 21.6. The van der Waals surface area contributed by atoms with E-state index in [1.165, 1.54) is 11.8 Å². The van der Waals surface area contributed by atoms with Gasteiger partial charge in [-0.05, 0) is 32.1 Å². The van der Waals surface area contributed by atoms with Gasteiger partial charge in [0.2, 0.25) is 5.91 Å². The van der Waals surface area contributed by atoms with E-state index in [1.54, 1.807) is 11.8 Å². The van der Waals surface area contributed by atoms with Crippen LogP contribution in [0.3, 0.4) is 0 Å².